The Kier molecular flexibility index (Phi) is 3.09. The lowest BCUT2D eigenvalue weighted by Crippen LogP contribution is -2.19. The Labute approximate surface area is 98.0 Å². The summed E-state index contributed by atoms with van der Waals surface area (Å²) in [6.45, 7) is 4.59. The number of rotatable bonds is 2. The molecule has 0 spiro atoms. The molecular weight excluding hydrogens is 192 g/mol. The van der Waals surface area contributed by atoms with Crippen molar-refractivity contribution < 1.29 is 0 Å². The fourth-order valence-corrected chi connectivity index (χ4v) is 2.08. The second-order valence-corrected chi connectivity index (χ2v) is 4.70. The summed E-state index contributed by atoms with van der Waals surface area (Å²) in [6, 6.07) is 10.7. The van der Waals surface area contributed by atoms with Crippen molar-refractivity contribution in [3.05, 3.63) is 71.8 Å². The normalized spacial score (nSPS) is 15.8. The van der Waals surface area contributed by atoms with Crippen LogP contribution in [0.4, 0.5) is 0 Å². The van der Waals surface area contributed by atoms with Gasteiger partial charge < -0.3 is 0 Å². The van der Waals surface area contributed by atoms with Gasteiger partial charge in [-0.3, -0.25) is 0 Å². The molecule has 0 atom stereocenters. The van der Waals surface area contributed by atoms with E-state index < -0.39 is 0 Å². The summed E-state index contributed by atoms with van der Waals surface area (Å²) in [7, 11) is 0. The van der Waals surface area contributed by atoms with Crippen molar-refractivity contribution in [1.82, 2.24) is 0 Å². The number of benzene rings is 1. The van der Waals surface area contributed by atoms with Crippen LogP contribution >= 0.6 is 0 Å². The highest BCUT2D eigenvalue weighted by Crippen LogP contribution is 2.34. The van der Waals surface area contributed by atoms with E-state index in [1.165, 1.54) is 11.1 Å². The van der Waals surface area contributed by atoms with Gasteiger partial charge in [0.05, 0.1) is 0 Å². The Morgan fingerprint density at radius 1 is 0.938 bits per heavy atom. The summed E-state index contributed by atoms with van der Waals surface area (Å²) in [4.78, 5) is 0. The molecule has 82 valence electrons. The molecule has 0 aromatic heterocycles. The molecule has 0 fully saturated rings. The Bertz CT molecular complexity index is 430. The molecule has 0 saturated carbocycles. The third-order valence-corrected chi connectivity index (χ3v) is 3.29. The predicted molar refractivity (Wildman–Crippen MR) is 70.4 cm³/mol. The van der Waals surface area contributed by atoms with Crippen LogP contribution in [0.15, 0.2) is 66.3 Å². The fourth-order valence-electron chi connectivity index (χ4n) is 2.08. The van der Waals surface area contributed by atoms with Gasteiger partial charge in [-0.2, -0.15) is 0 Å². The quantitative estimate of drug-likeness (QED) is 0.678. The van der Waals surface area contributed by atoms with Crippen molar-refractivity contribution in [3.63, 3.8) is 0 Å². The van der Waals surface area contributed by atoms with Crippen LogP contribution in [0.2, 0.25) is 0 Å². The van der Waals surface area contributed by atoms with Gasteiger partial charge in [0, 0.05) is 5.41 Å². The van der Waals surface area contributed by atoms with Gasteiger partial charge in [-0.05, 0) is 12.0 Å². The molecule has 0 aliphatic heterocycles. The lowest BCUT2D eigenvalue weighted by molar-refractivity contribution is 0.610. The van der Waals surface area contributed by atoms with E-state index in [9.17, 15) is 0 Å². The molecule has 0 saturated heterocycles. The van der Waals surface area contributed by atoms with Crippen LogP contribution in [0.3, 0.4) is 0 Å². The number of allylic oxidation sites excluding steroid dienone is 6. The first-order valence-electron chi connectivity index (χ1n) is 5.79. The first kappa shape index (κ1) is 10.9. The second-order valence-electron chi connectivity index (χ2n) is 4.70. The molecule has 0 nitrogen and oxygen atoms in total. The Hall–Kier alpha value is -1.56. The molecule has 1 aliphatic carbocycles. The highest BCUT2D eigenvalue weighted by atomic mass is 14.3. The van der Waals surface area contributed by atoms with Gasteiger partial charge in [0.25, 0.3) is 0 Å². The first-order chi connectivity index (χ1) is 7.71. The molecule has 2 rings (SSSR count). The molecule has 0 N–H and O–H groups in total. The van der Waals surface area contributed by atoms with E-state index in [1.54, 1.807) is 0 Å². The summed E-state index contributed by atoms with van der Waals surface area (Å²) in [5.74, 6) is 0. The smallest absolute Gasteiger partial charge is 0.0111 e. The van der Waals surface area contributed by atoms with E-state index in [0.29, 0.717) is 0 Å². The summed E-state index contributed by atoms with van der Waals surface area (Å²) in [5.41, 5.74) is 2.95. The van der Waals surface area contributed by atoms with Crippen molar-refractivity contribution in [2.24, 2.45) is 0 Å². The van der Waals surface area contributed by atoms with Gasteiger partial charge in [-0.1, -0.05) is 80.1 Å². The van der Waals surface area contributed by atoms with Crippen LogP contribution < -0.4 is 0 Å². The molecule has 1 aliphatic rings. The van der Waals surface area contributed by atoms with Gasteiger partial charge in [0.1, 0.15) is 0 Å². The van der Waals surface area contributed by atoms with E-state index in [2.05, 4.69) is 74.6 Å². The lowest BCUT2D eigenvalue weighted by atomic mass is 9.76. The molecule has 0 unspecified atom stereocenters. The van der Waals surface area contributed by atoms with Crippen molar-refractivity contribution >= 4 is 0 Å². The summed E-state index contributed by atoms with van der Waals surface area (Å²) >= 11 is 0. The Morgan fingerprint density at radius 2 is 1.69 bits per heavy atom. The van der Waals surface area contributed by atoms with Crippen LogP contribution in [0.25, 0.3) is 0 Å². The average Bonchev–Trinajstić information content (AvgIpc) is 2.59. The standard InChI is InChI=1S/C16H18/c1-16(2,15-12-8-5-9-13-15)14-10-6-3-4-7-11-14/h3-10,12-13H,11H2,1-2H3. The van der Waals surface area contributed by atoms with Crippen LogP contribution in [0.5, 0.6) is 0 Å². The van der Waals surface area contributed by atoms with Crippen LogP contribution in [0, 0.1) is 0 Å². The average molecular weight is 210 g/mol. The Balaban J connectivity index is 2.35. The van der Waals surface area contributed by atoms with E-state index in [4.69, 9.17) is 0 Å². The second kappa shape index (κ2) is 4.52. The molecule has 0 radical (unpaired) electrons. The van der Waals surface area contributed by atoms with Gasteiger partial charge in [0.2, 0.25) is 0 Å². The maximum atomic E-state index is 2.29. The third kappa shape index (κ3) is 2.16. The number of hydrogen-bond donors (Lipinski definition) is 0. The molecular formula is C16H18. The van der Waals surface area contributed by atoms with Crippen LogP contribution in [-0.4, -0.2) is 0 Å². The van der Waals surface area contributed by atoms with Gasteiger partial charge in [0.15, 0.2) is 0 Å². The Morgan fingerprint density at radius 3 is 2.44 bits per heavy atom. The van der Waals surface area contributed by atoms with Crippen molar-refractivity contribution in [2.75, 3.05) is 0 Å². The molecule has 16 heavy (non-hydrogen) atoms. The first-order valence-corrected chi connectivity index (χ1v) is 5.79. The topological polar surface area (TPSA) is 0 Å². The van der Waals surface area contributed by atoms with Crippen molar-refractivity contribution in [3.8, 4) is 0 Å². The van der Waals surface area contributed by atoms with E-state index in [1.807, 2.05) is 0 Å². The molecule has 0 heterocycles. The number of hydrogen-bond acceptors (Lipinski definition) is 0. The van der Waals surface area contributed by atoms with Gasteiger partial charge >= 0.3 is 0 Å². The van der Waals surface area contributed by atoms with Gasteiger partial charge in [-0.15, -0.1) is 0 Å². The summed E-state index contributed by atoms with van der Waals surface area (Å²) in [5, 5.41) is 0. The maximum Gasteiger partial charge on any atom is 0.0111 e. The highest BCUT2D eigenvalue weighted by Gasteiger charge is 2.24. The lowest BCUT2D eigenvalue weighted by Gasteiger charge is -2.28. The zero-order valence-electron chi connectivity index (χ0n) is 9.98. The zero-order valence-corrected chi connectivity index (χ0v) is 9.98. The highest BCUT2D eigenvalue weighted by molar-refractivity contribution is 5.38. The molecule has 0 bridgehead atoms. The molecule has 1 aromatic rings. The largest absolute Gasteiger partial charge is 0.0804 e. The predicted octanol–water partition coefficient (Wildman–Crippen LogP) is 4.41. The summed E-state index contributed by atoms with van der Waals surface area (Å²) in [6.07, 6.45) is 11.8. The molecule has 0 heteroatoms. The van der Waals surface area contributed by atoms with Crippen LogP contribution in [0.1, 0.15) is 25.8 Å². The van der Waals surface area contributed by atoms with Crippen molar-refractivity contribution in [2.45, 2.75) is 25.7 Å². The minimum atomic E-state index is 0.111. The monoisotopic (exact) mass is 210 g/mol. The van der Waals surface area contributed by atoms with Crippen LogP contribution in [-0.2, 0) is 5.41 Å². The maximum absolute atomic E-state index is 2.29. The van der Waals surface area contributed by atoms with E-state index >= 15 is 0 Å². The zero-order chi connectivity index (χ0) is 11.4. The third-order valence-electron chi connectivity index (χ3n) is 3.29. The fraction of sp³-hybridized carbons (Fsp3) is 0.250. The molecule has 0 amide bonds. The van der Waals surface area contributed by atoms with Crippen molar-refractivity contribution in [1.29, 1.82) is 0 Å². The summed E-state index contributed by atoms with van der Waals surface area (Å²) < 4.78 is 0. The minimum Gasteiger partial charge on any atom is -0.0804 e. The van der Waals surface area contributed by atoms with E-state index in [-0.39, 0.29) is 5.41 Å². The van der Waals surface area contributed by atoms with E-state index in [0.717, 1.165) is 6.42 Å². The minimum absolute atomic E-state index is 0.111. The van der Waals surface area contributed by atoms with Gasteiger partial charge in [-0.25, -0.2) is 0 Å². The SMILES string of the molecule is CC(C)(C1=CC=CC=CC1)c1ccccc1. The molecule has 1 aromatic carbocycles.